The Bertz CT molecular complexity index is 2690. The molecule has 0 aliphatic rings. The molecule has 0 bridgehead atoms. The van der Waals surface area contributed by atoms with E-state index in [0.717, 1.165) is 6.07 Å². The van der Waals surface area contributed by atoms with Crippen molar-refractivity contribution in [2.45, 2.75) is 71.6 Å². The van der Waals surface area contributed by atoms with Crippen molar-refractivity contribution >= 4 is 46.7 Å². The molecule has 17 heteroatoms. The molecule has 0 spiro atoms. The predicted octanol–water partition coefficient (Wildman–Crippen LogP) is 5.53. The largest absolute Gasteiger partial charge is 0.504 e. The molecular weight excluding hydrogens is 839 g/mol. The van der Waals surface area contributed by atoms with Gasteiger partial charge in [-0.2, -0.15) is 5.26 Å². The average molecular weight is 884 g/mol. The minimum absolute atomic E-state index is 0.0725. The number of carbonyl (C=O) groups is 7. The highest BCUT2D eigenvalue weighted by molar-refractivity contribution is 6.05. The van der Waals surface area contributed by atoms with Crippen molar-refractivity contribution < 1.29 is 58.4 Å². The lowest BCUT2D eigenvalue weighted by Gasteiger charge is -2.19. The standard InChI is InChI=1S/C48H45N5O12/c1-25(2)64-44-31(12-16-34(42(44)58)39(55)21-32-13-17-35(48(62)63)43(59)45(32)65-26(3)4)20-38(54)29-8-5-27(6-9-29)19-40(56)37(22-41(50)57)53-46(60)30-10-14-33(15-11-30)52-47(61)36-18-7-28(23-49)24-51-36/h5-18,24-26,37,58-59H,19-22H2,1-4H3,(H2,50,57)(H,52,61)(H,53,60)(H,62,63)/t37-/m0/s1. The number of amides is 3. The molecule has 1 aromatic heterocycles. The molecule has 5 rings (SSSR count). The Labute approximate surface area is 372 Å². The highest BCUT2D eigenvalue weighted by Crippen LogP contribution is 2.39. The van der Waals surface area contributed by atoms with Gasteiger partial charge in [0.05, 0.1) is 35.8 Å². The Kier molecular flexibility index (Phi) is 15.5. The van der Waals surface area contributed by atoms with E-state index in [1.807, 2.05) is 6.07 Å². The van der Waals surface area contributed by atoms with Gasteiger partial charge >= 0.3 is 5.97 Å². The second-order valence-corrected chi connectivity index (χ2v) is 15.4. The number of nitrogens with zero attached hydrogens (tertiary/aromatic N) is 2. The second kappa shape index (κ2) is 21.1. The lowest BCUT2D eigenvalue weighted by molar-refractivity contribution is -0.125. The quantitative estimate of drug-likeness (QED) is 0.0525. The predicted molar refractivity (Wildman–Crippen MR) is 234 cm³/mol. The van der Waals surface area contributed by atoms with Crippen LogP contribution in [-0.2, 0) is 28.9 Å². The van der Waals surface area contributed by atoms with Gasteiger partial charge in [-0.25, -0.2) is 9.78 Å². The van der Waals surface area contributed by atoms with Gasteiger partial charge in [0, 0.05) is 53.4 Å². The number of nitriles is 1. The second-order valence-electron chi connectivity index (χ2n) is 15.4. The van der Waals surface area contributed by atoms with Gasteiger partial charge in [0.2, 0.25) is 5.91 Å². The number of pyridine rings is 1. The first kappa shape index (κ1) is 47.7. The molecule has 0 saturated heterocycles. The van der Waals surface area contributed by atoms with Crippen LogP contribution < -0.4 is 25.8 Å². The number of carboxylic acids is 1. The zero-order valence-electron chi connectivity index (χ0n) is 35.7. The highest BCUT2D eigenvalue weighted by Gasteiger charge is 2.27. The molecule has 0 unspecified atom stereocenters. The van der Waals surface area contributed by atoms with Gasteiger partial charge in [-0.15, -0.1) is 0 Å². The maximum atomic E-state index is 13.6. The minimum Gasteiger partial charge on any atom is -0.504 e. The smallest absolute Gasteiger partial charge is 0.339 e. The van der Waals surface area contributed by atoms with Crippen LogP contribution in [0.5, 0.6) is 23.0 Å². The Morgan fingerprint density at radius 1 is 0.692 bits per heavy atom. The Morgan fingerprint density at radius 3 is 1.77 bits per heavy atom. The van der Waals surface area contributed by atoms with E-state index in [0.29, 0.717) is 16.8 Å². The number of aromatic hydroxyl groups is 2. The van der Waals surface area contributed by atoms with Crippen molar-refractivity contribution in [1.82, 2.24) is 10.3 Å². The summed E-state index contributed by atoms with van der Waals surface area (Å²) in [6.45, 7) is 6.72. The van der Waals surface area contributed by atoms with Crippen molar-refractivity contribution in [1.29, 1.82) is 5.26 Å². The van der Waals surface area contributed by atoms with Crippen molar-refractivity contribution in [3.8, 4) is 29.1 Å². The van der Waals surface area contributed by atoms with Crippen LogP contribution in [0.1, 0.15) is 108 Å². The number of carbonyl (C=O) groups excluding carboxylic acids is 6. The molecule has 0 radical (unpaired) electrons. The number of nitrogens with one attached hydrogen (secondary N) is 2. The number of phenols is 2. The molecule has 0 aliphatic heterocycles. The number of ether oxygens (including phenoxy) is 2. The van der Waals surface area contributed by atoms with Crippen LogP contribution in [0.2, 0.25) is 0 Å². The normalized spacial score (nSPS) is 11.3. The van der Waals surface area contributed by atoms with Gasteiger partial charge in [-0.1, -0.05) is 36.4 Å². The summed E-state index contributed by atoms with van der Waals surface area (Å²) in [4.78, 5) is 93.7. The van der Waals surface area contributed by atoms with Crippen LogP contribution in [0.15, 0.2) is 91.1 Å². The first-order chi connectivity index (χ1) is 30.8. The number of aromatic nitrogens is 1. The van der Waals surface area contributed by atoms with Crippen molar-refractivity contribution in [2.75, 3.05) is 5.32 Å². The van der Waals surface area contributed by atoms with Crippen LogP contribution in [0.25, 0.3) is 0 Å². The third-order valence-corrected chi connectivity index (χ3v) is 9.65. The number of primary amides is 1. The molecule has 334 valence electrons. The monoisotopic (exact) mass is 883 g/mol. The summed E-state index contributed by atoms with van der Waals surface area (Å²) >= 11 is 0. The Hall–Kier alpha value is -8.39. The van der Waals surface area contributed by atoms with E-state index in [9.17, 15) is 48.9 Å². The van der Waals surface area contributed by atoms with Gasteiger partial charge in [0.1, 0.15) is 17.3 Å². The molecule has 5 aromatic rings. The van der Waals surface area contributed by atoms with Gasteiger partial charge < -0.3 is 41.2 Å². The molecule has 65 heavy (non-hydrogen) atoms. The highest BCUT2D eigenvalue weighted by atomic mass is 16.5. The van der Waals surface area contributed by atoms with Gasteiger partial charge in [-0.05, 0) is 81.8 Å². The number of ketones is 3. The third kappa shape index (κ3) is 12.4. The lowest BCUT2D eigenvalue weighted by atomic mass is 9.95. The zero-order valence-corrected chi connectivity index (χ0v) is 35.7. The number of phenolic OH excluding ortho intramolecular Hbond substituents is 1. The first-order valence-corrected chi connectivity index (χ1v) is 20.2. The summed E-state index contributed by atoms with van der Waals surface area (Å²) in [5, 5.41) is 45.5. The SMILES string of the molecule is CC(C)Oc1c(CC(=O)c2ccc(CC(=O)c3ccc(CC(=O)[C@H](CC(N)=O)NC(=O)c4ccc(NC(=O)c5ccc(C#N)cn5)cc4)cc3)c(OC(C)C)c2O)ccc(C(=O)O)c1O. The lowest BCUT2D eigenvalue weighted by Crippen LogP contribution is -2.44. The number of hydrogen-bond donors (Lipinski definition) is 6. The van der Waals surface area contributed by atoms with Crippen LogP contribution in [-0.4, -0.2) is 79.6 Å². The maximum absolute atomic E-state index is 13.6. The van der Waals surface area contributed by atoms with E-state index >= 15 is 0 Å². The average Bonchev–Trinajstić information content (AvgIpc) is 3.25. The van der Waals surface area contributed by atoms with E-state index in [2.05, 4.69) is 15.6 Å². The molecular formula is C48H45N5O12. The molecule has 4 aromatic carbocycles. The third-order valence-electron chi connectivity index (χ3n) is 9.65. The fraction of sp³-hybridized carbons (Fsp3) is 0.229. The zero-order chi connectivity index (χ0) is 47.5. The number of nitrogens with two attached hydrogens (primary N) is 1. The van der Waals surface area contributed by atoms with E-state index in [4.69, 9.17) is 20.5 Å². The molecule has 1 heterocycles. The van der Waals surface area contributed by atoms with Gasteiger partial charge in [0.15, 0.2) is 40.3 Å². The van der Waals surface area contributed by atoms with Crippen LogP contribution in [0.3, 0.4) is 0 Å². The van der Waals surface area contributed by atoms with Crippen LogP contribution in [0, 0.1) is 11.3 Å². The first-order valence-electron chi connectivity index (χ1n) is 20.2. The fourth-order valence-electron chi connectivity index (χ4n) is 6.49. The summed E-state index contributed by atoms with van der Waals surface area (Å²) in [7, 11) is 0. The molecule has 1 atom stereocenters. The number of aromatic carboxylic acids is 1. The van der Waals surface area contributed by atoms with E-state index in [-0.39, 0.29) is 64.3 Å². The number of carboxylic acid groups (broad SMARTS) is 1. The van der Waals surface area contributed by atoms with Crippen molar-refractivity contribution in [3.05, 3.63) is 141 Å². The summed E-state index contributed by atoms with van der Waals surface area (Å²) in [5.74, 6) is -6.40. The number of hydrogen-bond acceptors (Lipinski definition) is 13. The Morgan fingerprint density at radius 2 is 1.25 bits per heavy atom. The molecule has 0 aliphatic carbocycles. The maximum Gasteiger partial charge on any atom is 0.339 e. The van der Waals surface area contributed by atoms with Gasteiger partial charge in [0.25, 0.3) is 11.8 Å². The van der Waals surface area contributed by atoms with Crippen molar-refractivity contribution in [2.24, 2.45) is 5.73 Å². The number of Topliss-reactive ketones (excluding diaryl/α,β-unsaturated/α-hetero) is 3. The summed E-state index contributed by atoms with van der Waals surface area (Å²) in [6.07, 6.45) is -1.05. The molecule has 0 fully saturated rings. The van der Waals surface area contributed by atoms with Crippen LogP contribution >= 0.6 is 0 Å². The number of anilines is 1. The van der Waals surface area contributed by atoms with Gasteiger partial charge in [-0.3, -0.25) is 28.8 Å². The molecule has 7 N–H and O–H groups in total. The molecule has 17 nitrogen and oxygen atoms in total. The molecule has 3 amide bonds. The topological polar surface area (TPSA) is 285 Å². The summed E-state index contributed by atoms with van der Waals surface area (Å²) in [6, 6.07) is 20.6. The summed E-state index contributed by atoms with van der Waals surface area (Å²) in [5.41, 5.74) is 6.84. The number of benzene rings is 4. The Balaban J connectivity index is 1.25. The fourth-order valence-corrected chi connectivity index (χ4v) is 6.49. The molecule has 0 saturated carbocycles. The minimum atomic E-state index is -1.39. The van der Waals surface area contributed by atoms with Crippen LogP contribution in [0.4, 0.5) is 5.69 Å². The number of rotatable bonds is 20. The van der Waals surface area contributed by atoms with E-state index < -0.39 is 82.8 Å². The van der Waals surface area contributed by atoms with E-state index in [1.54, 1.807) is 27.7 Å². The van der Waals surface area contributed by atoms with E-state index in [1.165, 1.54) is 85.1 Å². The summed E-state index contributed by atoms with van der Waals surface area (Å²) < 4.78 is 11.6. The van der Waals surface area contributed by atoms with Crippen molar-refractivity contribution in [3.63, 3.8) is 0 Å².